The van der Waals surface area contributed by atoms with Crippen molar-refractivity contribution in [3.8, 4) is 0 Å². The highest BCUT2D eigenvalue weighted by molar-refractivity contribution is 7.89. The number of carbonyl (C=O) groups excluding carboxylic acids is 2. The maximum absolute atomic E-state index is 13.4. The lowest BCUT2D eigenvalue weighted by Gasteiger charge is -2.31. The SMILES string of the molecule is CCOC(=O)N1CCC(NS(=O)(=O)c2cccc3c(NC(=O)c4cc5ccccc5s4)cccc23)CC1. The summed E-state index contributed by atoms with van der Waals surface area (Å²) in [4.78, 5) is 27.3. The van der Waals surface area contributed by atoms with Crippen molar-refractivity contribution in [1.82, 2.24) is 9.62 Å². The van der Waals surface area contributed by atoms with Gasteiger partial charge in [-0.2, -0.15) is 0 Å². The molecule has 0 unspecified atom stereocenters. The molecular weight excluding hydrogens is 510 g/mol. The molecule has 1 fully saturated rings. The molecule has 10 heteroatoms. The van der Waals surface area contributed by atoms with Gasteiger partial charge in [0.15, 0.2) is 0 Å². The van der Waals surface area contributed by atoms with Crippen LogP contribution >= 0.6 is 11.3 Å². The van der Waals surface area contributed by atoms with Crippen LogP contribution in [0.5, 0.6) is 0 Å². The number of thiophene rings is 1. The molecule has 5 rings (SSSR count). The molecule has 0 radical (unpaired) electrons. The number of fused-ring (bicyclic) bond motifs is 2. The Kier molecular flexibility index (Phi) is 7.14. The van der Waals surface area contributed by atoms with Crippen LogP contribution in [-0.4, -0.2) is 51.1 Å². The molecule has 2 heterocycles. The van der Waals surface area contributed by atoms with Crippen molar-refractivity contribution in [3.63, 3.8) is 0 Å². The van der Waals surface area contributed by atoms with E-state index in [9.17, 15) is 18.0 Å². The molecule has 1 aromatic heterocycles. The summed E-state index contributed by atoms with van der Waals surface area (Å²) in [5.74, 6) is -0.242. The second kappa shape index (κ2) is 10.5. The molecule has 3 aromatic carbocycles. The zero-order valence-electron chi connectivity index (χ0n) is 20.3. The number of anilines is 1. The van der Waals surface area contributed by atoms with Gasteiger partial charge in [-0.3, -0.25) is 4.79 Å². The average Bonchev–Trinajstić information content (AvgIpc) is 3.33. The van der Waals surface area contributed by atoms with Gasteiger partial charge in [-0.15, -0.1) is 11.3 Å². The molecule has 0 bridgehead atoms. The molecular formula is C27H27N3O5S2. The molecule has 1 aliphatic heterocycles. The number of likely N-dealkylation sites (tertiary alicyclic amines) is 1. The Morgan fingerprint density at radius 1 is 1.00 bits per heavy atom. The number of benzene rings is 3. The minimum atomic E-state index is -3.84. The highest BCUT2D eigenvalue weighted by Crippen LogP contribution is 2.31. The summed E-state index contributed by atoms with van der Waals surface area (Å²) in [6, 6.07) is 19.6. The Hall–Kier alpha value is -3.47. The van der Waals surface area contributed by atoms with Gasteiger partial charge in [-0.25, -0.2) is 17.9 Å². The zero-order chi connectivity index (χ0) is 26.0. The highest BCUT2D eigenvalue weighted by Gasteiger charge is 2.28. The van der Waals surface area contributed by atoms with E-state index in [4.69, 9.17) is 4.74 Å². The maximum atomic E-state index is 13.4. The van der Waals surface area contributed by atoms with Crippen LogP contribution in [0, 0.1) is 0 Å². The van der Waals surface area contributed by atoms with E-state index in [1.165, 1.54) is 11.3 Å². The second-order valence-corrected chi connectivity index (χ2v) is 11.6. The van der Waals surface area contributed by atoms with Crippen LogP contribution in [0.25, 0.3) is 20.9 Å². The molecule has 37 heavy (non-hydrogen) atoms. The molecule has 0 saturated carbocycles. The third kappa shape index (κ3) is 5.31. The topological polar surface area (TPSA) is 105 Å². The Morgan fingerprint density at radius 2 is 1.73 bits per heavy atom. The van der Waals surface area contributed by atoms with Crippen molar-refractivity contribution in [2.45, 2.75) is 30.7 Å². The van der Waals surface area contributed by atoms with Crippen molar-refractivity contribution >= 4 is 59.9 Å². The molecule has 8 nitrogen and oxygen atoms in total. The van der Waals surface area contributed by atoms with E-state index in [1.54, 1.807) is 48.2 Å². The number of amides is 2. The van der Waals surface area contributed by atoms with Crippen LogP contribution in [0.1, 0.15) is 29.4 Å². The minimum Gasteiger partial charge on any atom is -0.450 e. The fourth-order valence-electron chi connectivity index (χ4n) is 4.58. The quantitative estimate of drug-likeness (QED) is 0.352. The van der Waals surface area contributed by atoms with Crippen molar-refractivity contribution in [1.29, 1.82) is 0 Å². The summed E-state index contributed by atoms with van der Waals surface area (Å²) in [6.45, 7) is 2.91. The van der Waals surface area contributed by atoms with E-state index in [-0.39, 0.29) is 22.9 Å². The van der Waals surface area contributed by atoms with Crippen molar-refractivity contribution in [2.75, 3.05) is 25.0 Å². The molecule has 2 amide bonds. The Bertz CT molecular complexity index is 1540. The summed E-state index contributed by atoms with van der Waals surface area (Å²) in [6.07, 6.45) is 0.626. The van der Waals surface area contributed by atoms with Crippen LogP contribution in [0.2, 0.25) is 0 Å². The van der Waals surface area contributed by atoms with Gasteiger partial charge >= 0.3 is 6.09 Å². The molecule has 4 aromatic rings. The molecule has 0 spiro atoms. The smallest absolute Gasteiger partial charge is 0.409 e. The van der Waals surface area contributed by atoms with Crippen LogP contribution in [0.3, 0.4) is 0 Å². The van der Waals surface area contributed by atoms with Crippen LogP contribution in [0.4, 0.5) is 10.5 Å². The number of hydrogen-bond acceptors (Lipinski definition) is 6. The van der Waals surface area contributed by atoms with E-state index in [0.29, 0.717) is 53.9 Å². The van der Waals surface area contributed by atoms with Gasteiger partial charge in [0.2, 0.25) is 10.0 Å². The van der Waals surface area contributed by atoms with E-state index in [0.717, 1.165) is 10.1 Å². The zero-order valence-corrected chi connectivity index (χ0v) is 21.9. The molecule has 0 atom stereocenters. The largest absolute Gasteiger partial charge is 0.450 e. The molecule has 1 aliphatic rings. The summed E-state index contributed by atoms with van der Waals surface area (Å²) in [5, 5.41) is 5.12. The third-order valence-corrected chi connectivity index (χ3v) is 9.11. The first-order valence-corrected chi connectivity index (χ1v) is 14.4. The molecule has 2 N–H and O–H groups in total. The lowest BCUT2D eigenvalue weighted by molar-refractivity contribution is 0.0965. The lowest BCUT2D eigenvalue weighted by Crippen LogP contribution is -2.46. The first kappa shape index (κ1) is 25.2. The average molecular weight is 538 g/mol. The summed E-state index contributed by atoms with van der Waals surface area (Å²) in [5.41, 5.74) is 0.541. The predicted octanol–water partition coefficient (Wildman–Crippen LogP) is 5.21. The number of rotatable bonds is 6. The van der Waals surface area contributed by atoms with Crippen molar-refractivity contribution in [3.05, 3.63) is 71.6 Å². The van der Waals surface area contributed by atoms with Gasteiger partial charge in [0.1, 0.15) is 0 Å². The normalized spacial score (nSPS) is 14.7. The number of ether oxygens (including phenoxy) is 1. The van der Waals surface area contributed by atoms with Gasteiger partial charge in [0.05, 0.1) is 16.4 Å². The van der Waals surface area contributed by atoms with E-state index in [1.807, 2.05) is 30.3 Å². The fraction of sp³-hybridized carbons (Fsp3) is 0.259. The van der Waals surface area contributed by atoms with E-state index in [2.05, 4.69) is 10.0 Å². The summed E-state index contributed by atoms with van der Waals surface area (Å²) in [7, 11) is -3.84. The van der Waals surface area contributed by atoms with Gasteiger partial charge in [0.25, 0.3) is 5.91 Å². The number of hydrogen-bond donors (Lipinski definition) is 2. The first-order valence-electron chi connectivity index (χ1n) is 12.1. The third-order valence-electron chi connectivity index (χ3n) is 6.41. The molecule has 192 valence electrons. The van der Waals surface area contributed by atoms with Gasteiger partial charge in [0, 0.05) is 40.3 Å². The minimum absolute atomic E-state index is 0.149. The number of carbonyl (C=O) groups is 2. The second-order valence-electron chi connectivity index (χ2n) is 8.84. The Morgan fingerprint density at radius 3 is 2.49 bits per heavy atom. The van der Waals surface area contributed by atoms with E-state index >= 15 is 0 Å². The molecule has 1 saturated heterocycles. The van der Waals surface area contributed by atoms with Crippen LogP contribution in [0.15, 0.2) is 71.6 Å². The van der Waals surface area contributed by atoms with Crippen molar-refractivity contribution in [2.24, 2.45) is 0 Å². The van der Waals surface area contributed by atoms with E-state index < -0.39 is 10.0 Å². The first-order chi connectivity index (χ1) is 17.9. The summed E-state index contributed by atoms with van der Waals surface area (Å²) >= 11 is 1.41. The van der Waals surface area contributed by atoms with Gasteiger partial charge in [-0.1, -0.05) is 42.5 Å². The maximum Gasteiger partial charge on any atom is 0.409 e. The Balaban J connectivity index is 1.35. The standard InChI is InChI=1S/C27H27N3O5S2/c1-2-35-27(32)30-15-13-19(14-16-30)29-37(33,34)25-12-6-8-20-21(25)9-5-10-22(20)28-26(31)24-17-18-7-3-4-11-23(18)36-24/h3-12,17,19,29H,2,13-16H2,1H3,(H,28,31). The monoisotopic (exact) mass is 537 g/mol. The fourth-order valence-corrected chi connectivity index (χ4v) is 7.06. The predicted molar refractivity (Wildman–Crippen MR) is 146 cm³/mol. The lowest BCUT2D eigenvalue weighted by atomic mass is 10.1. The Labute approximate surface area is 219 Å². The van der Waals surface area contributed by atoms with Crippen molar-refractivity contribution < 1.29 is 22.7 Å². The number of piperidine rings is 1. The highest BCUT2D eigenvalue weighted by atomic mass is 32.2. The van der Waals surface area contributed by atoms with Gasteiger partial charge in [-0.05, 0) is 49.4 Å². The van der Waals surface area contributed by atoms with Crippen LogP contribution in [-0.2, 0) is 14.8 Å². The number of sulfonamides is 1. The summed E-state index contributed by atoms with van der Waals surface area (Å²) < 4.78 is 35.6. The number of nitrogens with zero attached hydrogens (tertiary/aromatic N) is 1. The van der Waals surface area contributed by atoms with Gasteiger partial charge < -0.3 is 15.0 Å². The number of nitrogens with one attached hydrogen (secondary N) is 2. The van der Waals surface area contributed by atoms with Crippen LogP contribution < -0.4 is 10.0 Å². The molecule has 0 aliphatic carbocycles.